The van der Waals surface area contributed by atoms with Gasteiger partial charge in [0.25, 0.3) is 0 Å². The molecular formula is C9H4F6O. The van der Waals surface area contributed by atoms with E-state index in [1.165, 1.54) is 0 Å². The average Bonchev–Trinajstić information content (AvgIpc) is 2.13. The van der Waals surface area contributed by atoms with Crippen LogP contribution in [0.2, 0.25) is 0 Å². The predicted octanol–water partition coefficient (Wildman–Crippen LogP) is 3.38. The SMILES string of the molecule is C=C(F)C(F)(F)c1c(F)cc(F)c(F)c1O. The third kappa shape index (κ3) is 1.72. The van der Waals surface area contributed by atoms with E-state index in [0.717, 1.165) is 0 Å². The van der Waals surface area contributed by atoms with Crippen molar-refractivity contribution in [3.63, 3.8) is 0 Å². The number of hydrogen-bond acceptors (Lipinski definition) is 1. The van der Waals surface area contributed by atoms with Gasteiger partial charge in [0, 0.05) is 6.07 Å². The largest absolute Gasteiger partial charge is 0.504 e. The summed E-state index contributed by atoms with van der Waals surface area (Å²) >= 11 is 0. The molecule has 1 rings (SSSR count). The Bertz CT molecular complexity index is 454. The molecule has 0 bridgehead atoms. The van der Waals surface area contributed by atoms with Crippen molar-refractivity contribution in [1.29, 1.82) is 0 Å². The van der Waals surface area contributed by atoms with Crippen molar-refractivity contribution in [1.82, 2.24) is 0 Å². The Labute approximate surface area is 85.6 Å². The highest BCUT2D eigenvalue weighted by Crippen LogP contribution is 2.43. The summed E-state index contributed by atoms with van der Waals surface area (Å²) in [6, 6.07) is -0.221. The third-order valence-electron chi connectivity index (χ3n) is 1.80. The fraction of sp³-hybridized carbons (Fsp3) is 0.111. The van der Waals surface area contributed by atoms with Crippen LogP contribution in [0.3, 0.4) is 0 Å². The second-order valence-corrected chi connectivity index (χ2v) is 2.86. The minimum Gasteiger partial charge on any atom is -0.504 e. The number of allylic oxidation sites excluding steroid dienone is 1. The molecule has 0 unspecified atom stereocenters. The van der Waals surface area contributed by atoms with Crippen LogP contribution >= 0.6 is 0 Å². The van der Waals surface area contributed by atoms with Crippen LogP contribution in [0.1, 0.15) is 5.56 Å². The van der Waals surface area contributed by atoms with Crippen LogP contribution in [-0.4, -0.2) is 5.11 Å². The zero-order chi connectivity index (χ0) is 12.7. The second kappa shape index (κ2) is 3.73. The molecule has 1 aromatic rings. The van der Waals surface area contributed by atoms with Crippen LogP contribution in [0.25, 0.3) is 0 Å². The summed E-state index contributed by atoms with van der Waals surface area (Å²) in [4.78, 5) is 0. The van der Waals surface area contributed by atoms with E-state index in [0.29, 0.717) is 0 Å². The Balaban J connectivity index is 3.58. The van der Waals surface area contributed by atoms with Gasteiger partial charge in [-0.3, -0.25) is 0 Å². The predicted molar refractivity (Wildman–Crippen MR) is 42.1 cm³/mol. The number of halogens is 6. The van der Waals surface area contributed by atoms with Crippen LogP contribution < -0.4 is 0 Å². The van der Waals surface area contributed by atoms with Gasteiger partial charge in [0.1, 0.15) is 11.4 Å². The molecule has 0 saturated carbocycles. The lowest BCUT2D eigenvalue weighted by Crippen LogP contribution is -2.17. The van der Waals surface area contributed by atoms with E-state index in [1.54, 1.807) is 0 Å². The highest BCUT2D eigenvalue weighted by atomic mass is 19.3. The number of alkyl halides is 2. The Morgan fingerprint density at radius 3 is 2.12 bits per heavy atom. The van der Waals surface area contributed by atoms with E-state index in [4.69, 9.17) is 5.11 Å². The first-order valence-electron chi connectivity index (χ1n) is 3.79. The van der Waals surface area contributed by atoms with Crippen LogP contribution in [0.5, 0.6) is 5.75 Å². The average molecular weight is 242 g/mol. The first kappa shape index (κ1) is 12.4. The quantitative estimate of drug-likeness (QED) is 0.622. The van der Waals surface area contributed by atoms with Crippen molar-refractivity contribution in [2.75, 3.05) is 0 Å². The van der Waals surface area contributed by atoms with E-state index >= 15 is 0 Å². The lowest BCUT2D eigenvalue weighted by molar-refractivity contribution is 0.00794. The minimum absolute atomic E-state index is 0.221. The van der Waals surface area contributed by atoms with Gasteiger partial charge >= 0.3 is 5.92 Å². The zero-order valence-corrected chi connectivity index (χ0v) is 7.50. The first-order chi connectivity index (χ1) is 7.19. The molecule has 16 heavy (non-hydrogen) atoms. The molecule has 0 radical (unpaired) electrons. The zero-order valence-electron chi connectivity index (χ0n) is 7.50. The van der Waals surface area contributed by atoms with Gasteiger partial charge in [-0.1, -0.05) is 6.58 Å². The van der Waals surface area contributed by atoms with Gasteiger partial charge in [-0.15, -0.1) is 0 Å². The van der Waals surface area contributed by atoms with Crippen molar-refractivity contribution in [2.24, 2.45) is 0 Å². The van der Waals surface area contributed by atoms with Gasteiger partial charge in [-0.25, -0.2) is 13.2 Å². The van der Waals surface area contributed by atoms with Crippen molar-refractivity contribution in [3.8, 4) is 5.75 Å². The molecular weight excluding hydrogens is 238 g/mol. The van der Waals surface area contributed by atoms with Gasteiger partial charge in [0.05, 0.1) is 0 Å². The molecule has 0 aliphatic carbocycles. The lowest BCUT2D eigenvalue weighted by atomic mass is 10.1. The third-order valence-corrected chi connectivity index (χ3v) is 1.80. The molecule has 0 saturated heterocycles. The number of benzene rings is 1. The Hall–Kier alpha value is -1.66. The minimum atomic E-state index is -4.64. The lowest BCUT2D eigenvalue weighted by Gasteiger charge is -2.16. The van der Waals surface area contributed by atoms with Gasteiger partial charge in [-0.05, 0) is 0 Å². The first-order valence-corrected chi connectivity index (χ1v) is 3.79. The number of rotatable bonds is 2. The molecule has 0 amide bonds. The number of hydrogen-bond donors (Lipinski definition) is 1. The molecule has 1 nitrogen and oxygen atoms in total. The van der Waals surface area contributed by atoms with Crippen molar-refractivity contribution >= 4 is 0 Å². The van der Waals surface area contributed by atoms with Gasteiger partial charge in [-0.2, -0.15) is 13.2 Å². The molecule has 0 spiro atoms. The summed E-state index contributed by atoms with van der Waals surface area (Å²) in [6.07, 6.45) is 0. The molecule has 1 N–H and O–H groups in total. The second-order valence-electron chi connectivity index (χ2n) is 2.86. The standard InChI is InChI=1S/C9H4F6O/c1-3(10)9(14,15)6-4(11)2-5(12)7(13)8(6)16/h2,16H,1H2. The van der Waals surface area contributed by atoms with E-state index in [9.17, 15) is 26.3 Å². The maximum atomic E-state index is 12.9. The van der Waals surface area contributed by atoms with E-state index in [1.807, 2.05) is 0 Å². The highest BCUT2D eigenvalue weighted by Gasteiger charge is 2.43. The smallest absolute Gasteiger partial charge is 0.329 e. The highest BCUT2D eigenvalue weighted by molar-refractivity contribution is 5.41. The van der Waals surface area contributed by atoms with Crippen molar-refractivity contribution < 1.29 is 31.4 Å². The summed E-state index contributed by atoms with van der Waals surface area (Å²) in [5.74, 6) is -14.8. The number of phenols is 1. The maximum Gasteiger partial charge on any atom is 0.329 e. The molecule has 88 valence electrons. The summed E-state index contributed by atoms with van der Waals surface area (Å²) in [5, 5.41) is 8.80. The van der Waals surface area contributed by atoms with Crippen LogP contribution in [0.15, 0.2) is 18.5 Å². The Kier molecular flexibility index (Phi) is 2.89. The molecule has 0 aromatic heterocycles. The van der Waals surface area contributed by atoms with Crippen LogP contribution in [-0.2, 0) is 5.92 Å². The Morgan fingerprint density at radius 2 is 1.69 bits per heavy atom. The molecule has 1 aromatic carbocycles. The maximum absolute atomic E-state index is 12.9. The monoisotopic (exact) mass is 242 g/mol. The number of aromatic hydroxyl groups is 1. The normalized spacial score (nSPS) is 11.6. The van der Waals surface area contributed by atoms with Gasteiger partial charge in [0.2, 0.25) is 5.82 Å². The molecule has 0 aliphatic rings. The summed E-state index contributed by atoms with van der Waals surface area (Å²) in [7, 11) is 0. The van der Waals surface area contributed by atoms with E-state index in [-0.39, 0.29) is 6.07 Å². The van der Waals surface area contributed by atoms with E-state index < -0.39 is 40.5 Å². The van der Waals surface area contributed by atoms with Crippen LogP contribution in [0, 0.1) is 17.5 Å². The summed E-state index contributed by atoms with van der Waals surface area (Å²) in [6.45, 7) is 2.23. The van der Waals surface area contributed by atoms with Crippen molar-refractivity contribution in [3.05, 3.63) is 41.5 Å². The molecule has 0 atom stereocenters. The van der Waals surface area contributed by atoms with Gasteiger partial charge < -0.3 is 5.11 Å². The van der Waals surface area contributed by atoms with Crippen LogP contribution in [0.4, 0.5) is 26.3 Å². The molecule has 7 heteroatoms. The Morgan fingerprint density at radius 1 is 1.19 bits per heavy atom. The fourth-order valence-electron chi connectivity index (χ4n) is 1.02. The molecule has 0 aliphatic heterocycles. The summed E-state index contributed by atoms with van der Waals surface area (Å²) in [5.41, 5.74) is -1.99. The van der Waals surface area contributed by atoms with E-state index in [2.05, 4.69) is 6.58 Å². The van der Waals surface area contributed by atoms with Crippen molar-refractivity contribution in [2.45, 2.75) is 5.92 Å². The fourth-order valence-corrected chi connectivity index (χ4v) is 1.02. The topological polar surface area (TPSA) is 20.2 Å². The van der Waals surface area contributed by atoms with Gasteiger partial charge in [0.15, 0.2) is 17.4 Å². The number of phenolic OH excluding ortho intramolecular Hbond substituents is 1. The summed E-state index contributed by atoms with van der Waals surface area (Å²) < 4.78 is 76.3. The molecule has 0 heterocycles. The molecule has 0 fully saturated rings.